The van der Waals surface area contributed by atoms with Crippen LogP contribution >= 0.6 is 11.6 Å². The van der Waals surface area contributed by atoms with Crippen molar-refractivity contribution in [1.82, 2.24) is 20.2 Å². The summed E-state index contributed by atoms with van der Waals surface area (Å²) in [6.07, 6.45) is 6.64. The van der Waals surface area contributed by atoms with Gasteiger partial charge in [-0.2, -0.15) is 0 Å². The lowest BCUT2D eigenvalue weighted by molar-refractivity contribution is 0.252. The highest BCUT2D eigenvalue weighted by atomic mass is 35.5. The first-order valence-corrected chi connectivity index (χ1v) is 9.55. The molecule has 1 saturated heterocycles. The molecule has 1 atom stereocenters. The number of imidazole rings is 1. The lowest BCUT2D eigenvalue weighted by Gasteiger charge is -2.26. The molecule has 0 aliphatic carbocycles. The second kappa shape index (κ2) is 9.36. The summed E-state index contributed by atoms with van der Waals surface area (Å²) in [5, 5.41) is 13.6. The molecule has 0 saturated carbocycles. The highest BCUT2D eigenvalue weighted by molar-refractivity contribution is 6.18. The molecule has 3 rings (SSSR count). The molecule has 0 spiro atoms. The van der Waals surface area contributed by atoms with Crippen LogP contribution in [0.2, 0.25) is 0 Å². The van der Waals surface area contributed by atoms with E-state index in [4.69, 9.17) is 17.0 Å². The number of aromatic amines is 1. The van der Waals surface area contributed by atoms with E-state index >= 15 is 0 Å². The summed E-state index contributed by atoms with van der Waals surface area (Å²) >= 11 is 5.52. The van der Waals surface area contributed by atoms with Gasteiger partial charge in [0.25, 0.3) is 0 Å². The minimum atomic E-state index is -0.373. The highest BCUT2D eigenvalue weighted by Gasteiger charge is 2.27. The van der Waals surface area contributed by atoms with Gasteiger partial charge in [0.1, 0.15) is 23.3 Å². The van der Waals surface area contributed by atoms with Crippen molar-refractivity contribution >= 4 is 35.4 Å². The number of nitrogens with zero attached hydrogens (tertiary/aromatic N) is 2. The molecule has 7 nitrogen and oxygen atoms in total. The predicted molar refractivity (Wildman–Crippen MR) is 108 cm³/mol. The lowest BCUT2D eigenvalue weighted by atomic mass is 10.0. The van der Waals surface area contributed by atoms with Crippen LogP contribution < -0.4 is 10.6 Å². The van der Waals surface area contributed by atoms with Gasteiger partial charge in [0.15, 0.2) is 0 Å². The summed E-state index contributed by atoms with van der Waals surface area (Å²) in [5.41, 5.74) is 0.878. The molecule has 28 heavy (non-hydrogen) atoms. The van der Waals surface area contributed by atoms with Crippen LogP contribution in [0.15, 0.2) is 36.5 Å². The normalized spacial score (nSPS) is 16.5. The van der Waals surface area contributed by atoms with E-state index in [-0.39, 0.29) is 17.9 Å². The number of likely N-dealkylation sites (tertiary alicyclic amines) is 1. The Morgan fingerprint density at radius 3 is 3.14 bits per heavy atom. The van der Waals surface area contributed by atoms with Gasteiger partial charge in [-0.1, -0.05) is 12.1 Å². The second-order valence-corrected chi connectivity index (χ2v) is 6.75. The van der Waals surface area contributed by atoms with Gasteiger partial charge < -0.3 is 15.2 Å². The smallest absolute Gasteiger partial charge is 0.320 e. The number of urea groups is 1. The molecule has 2 heterocycles. The zero-order valence-corrected chi connectivity index (χ0v) is 16.0. The van der Waals surface area contributed by atoms with Crippen LogP contribution in [0.1, 0.15) is 30.3 Å². The topological polar surface area (TPSA) is 96.9 Å². The first kappa shape index (κ1) is 19.9. The third-order valence-corrected chi connectivity index (χ3v) is 4.61. The van der Waals surface area contributed by atoms with Crippen molar-refractivity contribution in [3.8, 4) is 0 Å². The summed E-state index contributed by atoms with van der Waals surface area (Å²) in [7, 11) is 0. The van der Waals surface area contributed by atoms with Crippen molar-refractivity contribution in [2.75, 3.05) is 24.3 Å². The maximum atomic E-state index is 13.5. The second-order valence-electron chi connectivity index (χ2n) is 6.38. The van der Waals surface area contributed by atoms with Gasteiger partial charge in [0.2, 0.25) is 0 Å². The van der Waals surface area contributed by atoms with Gasteiger partial charge in [-0.3, -0.25) is 10.7 Å². The highest BCUT2D eigenvalue weighted by Crippen LogP contribution is 2.32. The molecular formula is C19H22ClFN6O. The van der Waals surface area contributed by atoms with Crippen LogP contribution in [0.4, 0.5) is 15.0 Å². The van der Waals surface area contributed by atoms with Crippen molar-refractivity contribution in [2.24, 2.45) is 0 Å². The van der Waals surface area contributed by atoms with Crippen LogP contribution in [0.25, 0.3) is 6.08 Å². The Bertz CT molecular complexity index is 868. The average Bonchev–Trinajstić information content (AvgIpc) is 3.34. The van der Waals surface area contributed by atoms with E-state index in [0.717, 1.165) is 24.9 Å². The molecule has 2 aromatic rings. The fourth-order valence-electron chi connectivity index (χ4n) is 3.18. The van der Waals surface area contributed by atoms with E-state index in [0.29, 0.717) is 29.9 Å². The molecule has 0 radical (unpaired) electrons. The van der Waals surface area contributed by atoms with E-state index in [1.54, 1.807) is 18.2 Å². The van der Waals surface area contributed by atoms with Crippen LogP contribution in [0.5, 0.6) is 0 Å². The van der Waals surface area contributed by atoms with Gasteiger partial charge in [0.05, 0.1) is 12.2 Å². The first-order chi connectivity index (χ1) is 13.6. The Balaban J connectivity index is 1.61. The summed E-state index contributed by atoms with van der Waals surface area (Å²) in [4.78, 5) is 20.7. The number of amides is 2. The Labute approximate surface area is 167 Å². The molecule has 0 bridgehead atoms. The number of nitrogens with one attached hydrogen (secondary N) is 4. The fourth-order valence-corrected chi connectivity index (χ4v) is 3.28. The number of alkyl halides is 1. The Morgan fingerprint density at radius 2 is 2.36 bits per heavy atom. The molecular weight excluding hydrogens is 383 g/mol. The van der Waals surface area contributed by atoms with Gasteiger partial charge in [-0.15, -0.1) is 11.6 Å². The van der Waals surface area contributed by atoms with Crippen molar-refractivity contribution in [3.63, 3.8) is 0 Å². The van der Waals surface area contributed by atoms with Crippen molar-refractivity contribution < 1.29 is 9.18 Å². The molecule has 1 aliphatic heterocycles. The van der Waals surface area contributed by atoms with Gasteiger partial charge in [-0.05, 0) is 42.7 Å². The number of hydrogen-bond donors (Lipinski definition) is 4. The molecule has 9 heteroatoms. The first-order valence-electron chi connectivity index (χ1n) is 9.01. The summed E-state index contributed by atoms with van der Waals surface area (Å²) in [6.45, 7) is 1.11. The monoisotopic (exact) mass is 404 g/mol. The van der Waals surface area contributed by atoms with E-state index in [2.05, 4.69) is 20.6 Å². The Hall–Kier alpha value is -2.87. The van der Waals surface area contributed by atoms with Crippen LogP contribution in [0, 0.1) is 11.2 Å². The molecule has 4 N–H and O–H groups in total. The maximum Gasteiger partial charge on any atom is 0.320 e. The number of benzene rings is 1. The van der Waals surface area contributed by atoms with Crippen molar-refractivity contribution in [2.45, 2.75) is 18.9 Å². The predicted octanol–water partition coefficient (Wildman–Crippen LogP) is 3.74. The SMILES string of the molecule is N=C(/C=C\c1ncc(NC(=O)NCCCl)[nH]1)N1CCCC1c1cccc(F)c1. The number of amidine groups is 1. The zero-order chi connectivity index (χ0) is 19.9. The number of H-pyrrole nitrogens is 1. The third-order valence-electron chi connectivity index (χ3n) is 4.42. The molecule has 1 aromatic heterocycles. The Morgan fingerprint density at radius 1 is 1.50 bits per heavy atom. The summed E-state index contributed by atoms with van der Waals surface area (Å²) < 4.78 is 13.5. The molecule has 1 fully saturated rings. The quantitative estimate of drug-likeness (QED) is 0.335. The van der Waals surface area contributed by atoms with Gasteiger partial charge in [0, 0.05) is 19.0 Å². The van der Waals surface area contributed by atoms with Crippen LogP contribution in [0.3, 0.4) is 0 Å². The van der Waals surface area contributed by atoms with Gasteiger partial charge >= 0.3 is 6.03 Å². The fraction of sp³-hybridized carbons (Fsp3) is 0.316. The molecule has 1 aromatic carbocycles. The minimum absolute atomic E-state index is 0.00712. The molecule has 1 aliphatic rings. The number of hydrogen-bond acceptors (Lipinski definition) is 3. The van der Waals surface area contributed by atoms with E-state index in [1.807, 2.05) is 11.0 Å². The average molecular weight is 405 g/mol. The molecule has 1 unspecified atom stereocenters. The largest absolute Gasteiger partial charge is 0.350 e. The number of carbonyl (C=O) groups is 1. The number of halogens is 2. The summed E-state index contributed by atoms with van der Waals surface area (Å²) in [5.74, 6) is 1.35. The molecule has 2 amide bonds. The number of carbonyl (C=O) groups excluding carboxylic acids is 1. The van der Waals surface area contributed by atoms with Crippen molar-refractivity contribution in [1.29, 1.82) is 5.41 Å². The third kappa shape index (κ3) is 5.10. The standard InChI is InChI=1S/C19H22ClFN6O/c20-8-9-23-19(28)26-18-12-24-17(25-18)7-6-16(22)27-10-2-5-15(27)13-3-1-4-14(21)11-13/h1,3-4,6-7,11-12,15,22H,2,5,8-10H2,(H,24,25)(H2,23,26,28)/b7-6-,22-16?. The number of anilines is 1. The number of aromatic nitrogens is 2. The van der Waals surface area contributed by atoms with E-state index in [9.17, 15) is 9.18 Å². The van der Waals surface area contributed by atoms with Gasteiger partial charge in [-0.25, -0.2) is 14.2 Å². The molecule has 148 valence electrons. The Kier molecular flexibility index (Phi) is 6.65. The van der Waals surface area contributed by atoms with E-state index in [1.165, 1.54) is 18.3 Å². The van der Waals surface area contributed by atoms with E-state index < -0.39 is 0 Å². The van der Waals surface area contributed by atoms with Crippen LogP contribution in [-0.4, -0.2) is 45.7 Å². The summed E-state index contributed by atoms with van der Waals surface area (Å²) in [6, 6.07) is 6.16. The minimum Gasteiger partial charge on any atom is -0.350 e. The zero-order valence-electron chi connectivity index (χ0n) is 15.2. The number of rotatable bonds is 6. The van der Waals surface area contributed by atoms with Crippen molar-refractivity contribution in [3.05, 3.63) is 53.7 Å². The maximum absolute atomic E-state index is 13.5. The lowest BCUT2D eigenvalue weighted by Crippen LogP contribution is -2.30. The van der Waals surface area contributed by atoms with Crippen LogP contribution in [-0.2, 0) is 0 Å².